The van der Waals surface area contributed by atoms with Gasteiger partial charge in [-0.3, -0.25) is 4.90 Å². The van der Waals surface area contributed by atoms with Crippen molar-refractivity contribution in [2.24, 2.45) is 0 Å². The number of carbonyl (C=O) groups is 1. The lowest BCUT2D eigenvalue weighted by Gasteiger charge is -2.32. The van der Waals surface area contributed by atoms with Gasteiger partial charge in [-0.05, 0) is 7.05 Å². The van der Waals surface area contributed by atoms with Gasteiger partial charge in [0.05, 0.1) is 3.92 Å². The van der Waals surface area contributed by atoms with Crippen LogP contribution in [0.15, 0.2) is 0 Å². The molecule has 3 nitrogen and oxygen atoms in total. The smallest absolute Gasteiger partial charge is 0.134 e. The van der Waals surface area contributed by atoms with Crippen LogP contribution in [0.2, 0.25) is 0 Å². The van der Waals surface area contributed by atoms with Gasteiger partial charge in [0.25, 0.3) is 0 Å². The summed E-state index contributed by atoms with van der Waals surface area (Å²) in [6, 6.07) is 0. The van der Waals surface area contributed by atoms with Crippen LogP contribution in [0.1, 0.15) is 0 Å². The second-order valence-corrected chi connectivity index (χ2v) is 4.86. The van der Waals surface area contributed by atoms with Crippen molar-refractivity contribution in [3.05, 3.63) is 0 Å². The van der Waals surface area contributed by atoms with E-state index in [1.54, 1.807) is 0 Å². The number of nitrogens with zero attached hydrogens (tertiary/aromatic N) is 2. The molecule has 1 aliphatic heterocycles. The Hall–Kier alpha value is 0.320. The van der Waals surface area contributed by atoms with E-state index < -0.39 is 0 Å². The SMILES string of the molecule is CN1CCN(CC(I)C=O)CC1. The molecule has 1 rings (SSSR count). The number of likely N-dealkylation sites (N-methyl/N-ethyl adjacent to an activating group) is 1. The first-order valence-electron chi connectivity index (χ1n) is 4.22. The fourth-order valence-electron chi connectivity index (χ4n) is 1.32. The van der Waals surface area contributed by atoms with Crippen molar-refractivity contribution in [1.29, 1.82) is 0 Å². The van der Waals surface area contributed by atoms with Crippen LogP contribution in [-0.4, -0.2) is 59.8 Å². The van der Waals surface area contributed by atoms with Crippen LogP contribution in [0.25, 0.3) is 0 Å². The molecule has 0 N–H and O–H groups in total. The quantitative estimate of drug-likeness (QED) is 0.421. The van der Waals surface area contributed by atoms with Crippen molar-refractivity contribution in [3.63, 3.8) is 0 Å². The van der Waals surface area contributed by atoms with E-state index in [9.17, 15) is 4.79 Å². The second kappa shape index (κ2) is 5.14. The molecule has 0 spiro atoms. The fraction of sp³-hybridized carbons (Fsp3) is 0.875. The van der Waals surface area contributed by atoms with Crippen LogP contribution < -0.4 is 0 Å². The van der Waals surface area contributed by atoms with Crippen LogP contribution in [0.4, 0.5) is 0 Å². The van der Waals surface area contributed by atoms with Gasteiger partial charge in [0.15, 0.2) is 0 Å². The summed E-state index contributed by atoms with van der Waals surface area (Å²) < 4.78 is 0.158. The molecule has 0 aliphatic carbocycles. The minimum Gasteiger partial charge on any atom is -0.304 e. The minimum atomic E-state index is 0.158. The highest BCUT2D eigenvalue weighted by Gasteiger charge is 2.15. The summed E-state index contributed by atoms with van der Waals surface area (Å²) in [5, 5.41) is 0. The third-order valence-electron chi connectivity index (χ3n) is 2.18. The molecule has 0 aromatic rings. The van der Waals surface area contributed by atoms with E-state index in [4.69, 9.17) is 0 Å². The molecule has 0 amide bonds. The summed E-state index contributed by atoms with van der Waals surface area (Å²) in [5.41, 5.74) is 0. The number of rotatable bonds is 3. The zero-order chi connectivity index (χ0) is 8.97. The lowest BCUT2D eigenvalue weighted by Crippen LogP contribution is -2.46. The fourth-order valence-corrected chi connectivity index (χ4v) is 1.88. The lowest BCUT2D eigenvalue weighted by molar-refractivity contribution is -0.107. The van der Waals surface area contributed by atoms with Crippen molar-refractivity contribution in [2.75, 3.05) is 39.8 Å². The molecule has 1 aliphatic rings. The van der Waals surface area contributed by atoms with E-state index in [-0.39, 0.29) is 3.92 Å². The third kappa shape index (κ3) is 3.37. The van der Waals surface area contributed by atoms with Gasteiger partial charge in [-0.25, -0.2) is 0 Å². The number of aldehydes is 1. The topological polar surface area (TPSA) is 23.6 Å². The summed E-state index contributed by atoms with van der Waals surface area (Å²) in [6.45, 7) is 5.37. The van der Waals surface area contributed by atoms with Gasteiger partial charge in [-0.1, -0.05) is 22.6 Å². The highest BCUT2D eigenvalue weighted by molar-refractivity contribution is 14.1. The number of alkyl halides is 1. The van der Waals surface area contributed by atoms with Gasteiger partial charge in [0.2, 0.25) is 0 Å². The lowest BCUT2D eigenvalue weighted by atomic mass is 10.3. The molecule has 70 valence electrons. The maximum absolute atomic E-state index is 10.4. The monoisotopic (exact) mass is 282 g/mol. The third-order valence-corrected chi connectivity index (χ3v) is 2.86. The number of halogens is 1. The predicted octanol–water partition coefficient (Wildman–Crippen LogP) is 0.236. The molecule has 0 radical (unpaired) electrons. The van der Waals surface area contributed by atoms with E-state index in [0.29, 0.717) is 0 Å². The number of carbonyl (C=O) groups excluding carboxylic acids is 1. The molecule has 1 fully saturated rings. The van der Waals surface area contributed by atoms with Gasteiger partial charge in [0, 0.05) is 32.7 Å². The molecule has 1 unspecified atom stereocenters. The summed E-state index contributed by atoms with van der Waals surface area (Å²) in [4.78, 5) is 15.1. The Bertz CT molecular complexity index is 146. The van der Waals surface area contributed by atoms with Crippen LogP contribution >= 0.6 is 22.6 Å². The second-order valence-electron chi connectivity index (χ2n) is 3.26. The number of piperazine rings is 1. The van der Waals surface area contributed by atoms with Gasteiger partial charge in [0.1, 0.15) is 6.29 Å². The summed E-state index contributed by atoms with van der Waals surface area (Å²) in [6.07, 6.45) is 1.03. The Kier molecular flexibility index (Phi) is 4.45. The standard InChI is InChI=1S/C8H15IN2O/c1-10-2-4-11(5-3-10)6-8(9)7-12/h7-8H,2-6H2,1H3. The van der Waals surface area contributed by atoms with Gasteiger partial charge < -0.3 is 9.69 Å². The Morgan fingerprint density at radius 2 is 2.00 bits per heavy atom. The molecule has 0 bridgehead atoms. The molecule has 0 saturated carbocycles. The van der Waals surface area contributed by atoms with Crippen molar-refractivity contribution >= 4 is 28.9 Å². The van der Waals surface area contributed by atoms with Crippen LogP contribution in [0, 0.1) is 0 Å². The summed E-state index contributed by atoms with van der Waals surface area (Å²) in [7, 11) is 2.14. The normalized spacial score (nSPS) is 23.8. The largest absolute Gasteiger partial charge is 0.304 e. The molecule has 1 atom stereocenters. The molecule has 0 aromatic carbocycles. The average molecular weight is 282 g/mol. The molecular formula is C8H15IN2O. The minimum absolute atomic E-state index is 0.158. The maximum atomic E-state index is 10.4. The number of hydrogen-bond donors (Lipinski definition) is 0. The average Bonchev–Trinajstić information content (AvgIpc) is 2.09. The first kappa shape index (κ1) is 10.4. The van der Waals surface area contributed by atoms with E-state index in [2.05, 4.69) is 39.4 Å². The van der Waals surface area contributed by atoms with E-state index in [1.165, 1.54) is 0 Å². The van der Waals surface area contributed by atoms with Crippen LogP contribution in [0.3, 0.4) is 0 Å². The van der Waals surface area contributed by atoms with Crippen molar-refractivity contribution < 1.29 is 4.79 Å². The van der Waals surface area contributed by atoms with E-state index in [1.807, 2.05) is 0 Å². The van der Waals surface area contributed by atoms with Crippen LogP contribution in [0.5, 0.6) is 0 Å². The first-order chi connectivity index (χ1) is 5.72. The Balaban J connectivity index is 2.21. The van der Waals surface area contributed by atoms with Gasteiger partial charge in [-0.15, -0.1) is 0 Å². The Morgan fingerprint density at radius 1 is 1.42 bits per heavy atom. The Labute approximate surface area is 87.2 Å². The molecule has 4 heteroatoms. The molecule has 1 heterocycles. The Morgan fingerprint density at radius 3 is 2.50 bits per heavy atom. The molecule has 0 aromatic heterocycles. The van der Waals surface area contributed by atoms with Gasteiger partial charge in [-0.2, -0.15) is 0 Å². The zero-order valence-electron chi connectivity index (χ0n) is 7.37. The van der Waals surface area contributed by atoms with Crippen LogP contribution in [-0.2, 0) is 4.79 Å². The van der Waals surface area contributed by atoms with Crippen molar-refractivity contribution in [3.8, 4) is 0 Å². The summed E-state index contributed by atoms with van der Waals surface area (Å²) >= 11 is 2.19. The van der Waals surface area contributed by atoms with E-state index >= 15 is 0 Å². The highest BCUT2D eigenvalue weighted by Crippen LogP contribution is 2.04. The zero-order valence-corrected chi connectivity index (χ0v) is 9.53. The molecule has 12 heavy (non-hydrogen) atoms. The van der Waals surface area contributed by atoms with Crippen molar-refractivity contribution in [2.45, 2.75) is 3.92 Å². The molecule has 1 saturated heterocycles. The summed E-state index contributed by atoms with van der Waals surface area (Å²) in [5.74, 6) is 0. The maximum Gasteiger partial charge on any atom is 0.134 e. The predicted molar refractivity (Wildman–Crippen MR) is 57.8 cm³/mol. The van der Waals surface area contributed by atoms with Gasteiger partial charge >= 0.3 is 0 Å². The molecular weight excluding hydrogens is 267 g/mol. The number of hydrogen-bond acceptors (Lipinski definition) is 3. The first-order valence-corrected chi connectivity index (χ1v) is 5.47. The van der Waals surface area contributed by atoms with E-state index in [0.717, 1.165) is 39.0 Å². The highest BCUT2D eigenvalue weighted by atomic mass is 127. The van der Waals surface area contributed by atoms with Crippen molar-refractivity contribution in [1.82, 2.24) is 9.80 Å².